The third kappa shape index (κ3) is 4.01. The number of nitrogens with two attached hydrogens (primary N) is 1. The van der Waals surface area contributed by atoms with Gasteiger partial charge >= 0.3 is 0 Å². The predicted molar refractivity (Wildman–Crippen MR) is 86.8 cm³/mol. The number of aryl methyl sites for hydroxylation is 2. The van der Waals surface area contributed by atoms with E-state index in [2.05, 4.69) is 41.9 Å². The van der Waals surface area contributed by atoms with Crippen molar-refractivity contribution >= 4 is 17.7 Å². The molecule has 5 nitrogen and oxygen atoms in total. The maximum Gasteiger partial charge on any atom is 0.222 e. The molecule has 1 heterocycles. The van der Waals surface area contributed by atoms with Crippen LogP contribution >= 0.6 is 11.8 Å². The Morgan fingerprint density at radius 1 is 1.38 bits per heavy atom. The van der Waals surface area contributed by atoms with Crippen LogP contribution in [0.4, 0.5) is 5.95 Å². The van der Waals surface area contributed by atoms with Crippen molar-refractivity contribution < 1.29 is 4.74 Å². The molecule has 0 atom stereocenters. The van der Waals surface area contributed by atoms with Crippen LogP contribution in [0.2, 0.25) is 0 Å². The highest BCUT2D eigenvalue weighted by Crippen LogP contribution is 2.21. The summed E-state index contributed by atoms with van der Waals surface area (Å²) in [5.41, 5.74) is 8.10. The molecule has 112 valence electrons. The van der Waals surface area contributed by atoms with Gasteiger partial charge in [-0.25, -0.2) is 0 Å². The number of nitrogen functional groups attached to an aromatic ring is 1. The number of hydrogen-bond acceptors (Lipinski definition) is 5. The van der Waals surface area contributed by atoms with Gasteiger partial charge in [0.25, 0.3) is 0 Å². The van der Waals surface area contributed by atoms with Crippen LogP contribution in [0.3, 0.4) is 0 Å². The summed E-state index contributed by atoms with van der Waals surface area (Å²) in [7, 11) is 0. The van der Waals surface area contributed by atoms with E-state index >= 15 is 0 Å². The van der Waals surface area contributed by atoms with Crippen LogP contribution in [0.25, 0.3) is 0 Å². The maximum atomic E-state index is 5.82. The van der Waals surface area contributed by atoms with Gasteiger partial charge in [-0.2, -0.15) is 0 Å². The molecule has 1 aromatic heterocycles. The van der Waals surface area contributed by atoms with E-state index in [9.17, 15) is 0 Å². The smallest absolute Gasteiger partial charge is 0.222 e. The standard InChI is InChI=1S/C15H20N4OS/c1-4-7-19-14(16)17-18-15(19)21-9-8-20-13-10-11(2)5-6-12(13)3/h4-6,10H,1,7-9H2,2-3H3,(H2,16,17). The Bertz CT molecular complexity index is 624. The quantitative estimate of drug-likeness (QED) is 0.484. The number of thioether (sulfide) groups is 1. The van der Waals surface area contributed by atoms with Gasteiger partial charge in [0.15, 0.2) is 5.16 Å². The second-order valence-corrected chi connectivity index (χ2v) is 5.77. The van der Waals surface area contributed by atoms with Gasteiger partial charge in [0.1, 0.15) is 5.75 Å². The largest absolute Gasteiger partial charge is 0.492 e. The van der Waals surface area contributed by atoms with Crippen LogP contribution in [0.1, 0.15) is 11.1 Å². The van der Waals surface area contributed by atoms with Gasteiger partial charge in [-0.15, -0.1) is 16.8 Å². The lowest BCUT2D eigenvalue weighted by Crippen LogP contribution is -2.05. The zero-order valence-corrected chi connectivity index (χ0v) is 13.2. The van der Waals surface area contributed by atoms with Crippen LogP contribution in [0.5, 0.6) is 5.75 Å². The van der Waals surface area contributed by atoms with E-state index in [0.717, 1.165) is 22.2 Å². The third-order valence-electron chi connectivity index (χ3n) is 2.97. The molecule has 0 bridgehead atoms. The van der Waals surface area contributed by atoms with Gasteiger partial charge in [0, 0.05) is 12.3 Å². The fourth-order valence-corrected chi connectivity index (χ4v) is 2.63. The van der Waals surface area contributed by atoms with Crippen LogP contribution in [-0.4, -0.2) is 27.1 Å². The molecule has 0 saturated heterocycles. The molecular formula is C15H20N4OS. The summed E-state index contributed by atoms with van der Waals surface area (Å²) in [6.45, 7) is 9.03. The van der Waals surface area contributed by atoms with Crippen LogP contribution in [0.15, 0.2) is 36.0 Å². The number of nitrogens with zero attached hydrogens (tertiary/aromatic N) is 3. The molecular weight excluding hydrogens is 284 g/mol. The summed E-state index contributed by atoms with van der Waals surface area (Å²) >= 11 is 1.57. The summed E-state index contributed by atoms with van der Waals surface area (Å²) in [5.74, 6) is 2.12. The molecule has 0 unspecified atom stereocenters. The van der Waals surface area contributed by atoms with Gasteiger partial charge in [-0.3, -0.25) is 4.57 Å². The van der Waals surface area contributed by atoms with Gasteiger partial charge in [0.05, 0.1) is 6.61 Å². The molecule has 0 fully saturated rings. The molecule has 0 radical (unpaired) electrons. The van der Waals surface area contributed by atoms with Gasteiger partial charge in [-0.1, -0.05) is 30.0 Å². The summed E-state index contributed by atoms with van der Waals surface area (Å²) in [4.78, 5) is 0. The zero-order valence-electron chi connectivity index (χ0n) is 12.4. The van der Waals surface area contributed by atoms with E-state index in [4.69, 9.17) is 10.5 Å². The van der Waals surface area contributed by atoms with Crippen molar-refractivity contribution in [3.05, 3.63) is 42.0 Å². The van der Waals surface area contributed by atoms with Crippen molar-refractivity contribution in [3.8, 4) is 5.75 Å². The van der Waals surface area contributed by atoms with Crippen molar-refractivity contribution in [1.29, 1.82) is 0 Å². The Morgan fingerprint density at radius 3 is 2.95 bits per heavy atom. The Kier molecular flexibility index (Phi) is 5.27. The minimum absolute atomic E-state index is 0.410. The molecule has 0 amide bonds. The fraction of sp³-hybridized carbons (Fsp3) is 0.333. The SMILES string of the molecule is C=CCn1c(N)nnc1SCCOc1cc(C)ccc1C. The fourth-order valence-electron chi connectivity index (χ4n) is 1.85. The van der Waals surface area contributed by atoms with E-state index in [-0.39, 0.29) is 0 Å². The summed E-state index contributed by atoms with van der Waals surface area (Å²) in [5, 5.41) is 8.73. The number of allylic oxidation sites excluding steroid dienone is 1. The maximum absolute atomic E-state index is 5.82. The van der Waals surface area contributed by atoms with E-state index in [1.165, 1.54) is 5.56 Å². The second-order valence-electron chi connectivity index (χ2n) is 4.71. The Morgan fingerprint density at radius 2 is 2.19 bits per heavy atom. The lowest BCUT2D eigenvalue weighted by Gasteiger charge is -2.10. The second kappa shape index (κ2) is 7.17. The summed E-state index contributed by atoms with van der Waals surface area (Å²) in [6.07, 6.45) is 1.77. The van der Waals surface area contributed by atoms with Crippen molar-refractivity contribution in [2.75, 3.05) is 18.1 Å². The van der Waals surface area contributed by atoms with Gasteiger partial charge < -0.3 is 10.5 Å². The van der Waals surface area contributed by atoms with Crippen molar-refractivity contribution in [3.63, 3.8) is 0 Å². The molecule has 0 spiro atoms. The van der Waals surface area contributed by atoms with Crippen LogP contribution in [0, 0.1) is 13.8 Å². The molecule has 0 aliphatic carbocycles. The number of ether oxygens (including phenoxy) is 1. The lowest BCUT2D eigenvalue weighted by molar-refractivity contribution is 0.341. The van der Waals surface area contributed by atoms with Crippen molar-refractivity contribution in [2.24, 2.45) is 0 Å². The topological polar surface area (TPSA) is 66.0 Å². The monoisotopic (exact) mass is 304 g/mol. The van der Waals surface area contributed by atoms with E-state index < -0.39 is 0 Å². The molecule has 6 heteroatoms. The Hall–Kier alpha value is -1.95. The Labute approximate surface area is 129 Å². The number of anilines is 1. The summed E-state index contributed by atoms with van der Waals surface area (Å²) in [6, 6.07) is 6.20. The van der Waals surface area contributed by atoms with Crippen LogP contribution in [-0.2, 0) is 6.54 Å². The number of hydrogen-bond donors (Lipinski definition) is 1. The lowest BCUT2D eigenvalue weighted by atomic mass is 10.1. The molecule has 2 aromatic rings. The highest BCUT2D eigenvalue weighted by atomic mass is 32.2. The molecule has 1 aromatic carbocycles. The molecule has 0 aliphatic rings. The minimum atomic E-state index is 0.410. The van der Waals surface area contributed by atoms with E-state index in [1.54, 1.807) is 17.8 Å². The zero-order chi connectivity index (χ0) is 15.2. The minimum Gasteiger partial charge on any atom is -0.492 e. The first kappa shape index (κ1) is 15.4. The molecule has 2 rings (SSSR count). The number of rotatable bonds is 7. The Balaban J connectivity index is 1.87. The van der Waals surface area contributed by atoms with Gasteiger partial charge in [-0.05, 0) is 31.0 Å². The highest BCUT2D eigenvalue weighted by molar-refractivity contribution is 7.99. The average molecular weight is 304 g/mol. The predicted octanol–water partition coefficient (Wildman–Crippen LogP) is 2.83. The third-order valence-corrected chi connectivity index (χ3v) is 3.90. The highest BCUT2D eigenvalue weighted by Gasteiger charge is 2.08. The number of benzene rings is 1. The average Bonchev–Trinajstić information content (AvgIpc) is 2.80. The van der Waals surface area contributed by atoms with E-state index in [1.807, 2.05) is 11.5 Å². The first-order chi connectivity index (χ1) is 10.1. The van der Waals surface area contributed by atoms with Crippen molar-refractivity contribution in [2.45, 2.75) is 25.5 Å². The first-order valence-electron chi connectivity index (χ1n) is 6.74. The van der Waals surface area contributed by atoms with Crippen LogP contribution < -0.4 is 10.5 Å². The number of aromatic nitrogens is 3. The first-order valence-corrected chi connectivity index (χ1v) is 7.73. The molecule has 2 N–H and O–H groups in total. The summed E-state index contributed by atoms with van der Waals surface area (Å²) < 4.78 is 7.65. The normalized spacial score (nSPS) is 10.6. The molecule has 0 aliphatic heterocycles. The van der Waals surface area contributed by atoms with Crippen molar-refractivity contribution in [1.82, 2.24) is 14.8 Å². The molecule has 21 heavy (non-hydrogen) atoms. The van der Waals surface area contributed by atoms with E-state index in [0.29, 0.717) is 19.1 Å². The molecule has 0 saturated carbocycles. The van der Waals surface area contributed by atoms with Gasteiger partial charge in [0.2, 0.25) is 5.95 Å².